The lowest BCUT2D eigenvalue weighted by molar-refractivity contribution is -0.148. The molecule has 4 unspecified atom stereocenters. The number of nitrogens with one attached hydrogen (secondary N) is 7. The van der Waals surface area contributed by atoms with Gasteiger partial charge in [0.25, 0.3) is 0 Å². The van der Waals surface area contributed by atoms with Crippen molar-refractivity contribution in [1.29, 1.82) is 0 Å². The van der Waals surface area contributed by atoms with Gasteiger partial charge in [-0.3, -0.25) is 57.7 Å². The normalized spacial score (nSPS) is 19.4. The van der Waals surface area contributed by atoms with Gasteiger partial charge in [0, 0.05) is 65.2 Å². The molecule has 3 fully saturated rings. The van der Waals surface area contributed by atoms with Gasteiger partial charge in [0.1, 0.15) is 30.5 Å². The molecule has 5 rings (SSSR count). The number of aliphatic hydroxyl groups is 1. The third kappa shape index (κ3) is 26.2. The highest BCUT2D eigenvalue weighted by Gasteiger charge is 2.49. The maximum Gasteiger partial charge on any atom is 0.408 e. The number of urea groups is 1. The van der Waals surface area contributed by atoms with E-state index in [0.29, 0.717) is 48.3 Å². The molecule has 2 aromatic rings. The number of nitrogens with two attached hydrogens (primary N) is 1. The number of methoxy groups -OCH3 is 2. The summed E-state index contributed by atoms with van der Waals surface area (Å²) in [7, 11) is 8.14. The number of aliphatic carboxylic acids is 1. The molecule has 14 atom stereocenters. The largest absolute Gasteiger partial charge is 0.481 e. The van der Waals surface area contributed by atoms with Gasteiger partial charge in [0.05, 0.1) is 72.5 Å². The van der Waals surface area contributed by atoms with Crippen molar-refractivity contribution in [3.05, 3.63) is 65.5 Å². The van der Waals surface area contributed by atoms with E-state index in [1.165, 1.54) is 60.0 Å². The first-order chi connectivity index (χ1) is 50.0. The van der Waals surface area contributed by atoms with Gasteiger partial charge >= 0.3 is 18.1 Å². The first-order valence-corrected chi connectivity index (χ1v) is 38.0. The number of carbonyl (C=O) groups is 12. The van der Waals surface area contributed by atoms with Crippen LogP contribution in [0.25, 0.3) is 0 Å². The Morgan fingerprint density at radius 1 is 0.764 bits per heavy atom. The molecule has 29 nitrogen and oxygen atoms in total. The lowest BCUT2D eigenvalue weighted by atomic mass is 9.89. The van der Waals surface area contributed by atoms with Crippen LogP contribution in [0.1, 0.15) is 170 Å². The third-order valence-corrected chi connectivity index (χ3v) is 21.9. The van der Waals surface area contributed by atoms with Gasteiger partial charge in [-0.2, -0.15) is 0 Å². The van der Waals surface area contributed by atoms with E-state index in [1.54, 1.807) is 63.9 Å². The van der Waals surface area contributed by atoms with Crippen molar-refractivity contribution in [2.24, 2.45) is 40.7 Å². The van der Waals surface area contributed by atoms with Gasteiger partial charge in [-0.25, -0.2) is 14.0 Å². The van der Waals surface area contributed by atoms with E-state index >= 15 is 0 Å². The summed E-state index contributed by atoms with van der Waals surface area (Å²) in [4.78, 5) is 167. The Bertz CT molecular complexity index is 3300. The molecule has 0 bridgehead atoms. The van der Waals surface area contributed by atoms with E-state index in [-0.39, 0.29) is 118 Å². The number of thioether (sulfide) groups is 1. The van der Waals surface area contributed by atoms with Crippen LogP contribution in [0.15, 0.2) is 48.5 Å². The van der Waals surface area contributed by atoms with Crippen molar-refractivity contribution in [2.75, 3.05) is 66.1 Å². The van der Waals surface area contributed by atoms with Crippen LogP contribution in [-0.2, 0) is 68.8 Å². The van der Waals surface area contributed by atoms with Crippen LogP contribution >= 0.6 is 11.8 Å². The number of ether oxygens (including phenoxy) is 3. The molecule has 1 saturated carbocycles. The molecule has 3 aliphatic rings. The zero-order chi connectivity index (χ0) is 79.0. The van der Waals surface area contributed by atoms with Crippen molar-refractivity contribution in [3.8, 4) is 0 Å². The number of nitrogens with zero attached hydrogens (tertiary/aromatic N) is 4. The molecule has 592 valence electrons. The van der Waals surface area contributed by atoms with E-state index in [4.69, 9.17) is 19.9 Å². The number of hydrogen-bond acceptors (Lipinski definition) is 18. The maximum atomic E-state index is 14.7. The van der Waals surface area contributed by atoms with Gasteiger partial charge in [-0.1, -0.05) is 99.4 Å². The molecule has 2 aromatic carbocycles. The van der Waals surface area contributed by atoms with E-state index in [0.717, 1.165) is 12.8 Å². The number of benzene rings is 2. The molecule has 0 spiro atoms. The standard InChI is InChI=1S/C75H117FN12O17S/c1-16-45(8)65(86(13)72(100)62(43(4)5)83-70(98)64(44(6)7)85(11)12)55(103-14)36-58(91)88-39-52(89)35-54(88)66(104-15)46(9)67(95)79-47(10)63(49-25-27-50(76)28-26-49)84-74(102)105-40-48-23-29-51(30-24-48)80-68(96)53(21-20-33-78-73(77)101)81-69(97)61(42(2)3)82-57(90)22-18-17-19-34-87-59(92)37-56(71(87)99)106-41-75(31-32-75)38-60(93)94/h23-30,42-47,52-56,61-66,89H,16-22,31-41H2,1-15H3,(H,79,95)(H,80,96)(H,81,97)(H,82,90)(H,83,98)(H,84,102)(H,93,94)(H3,77,78,101)/t45-,46+,47+,52-,53?,54-,55+,56?,61-,62-,63?,64-,65?,66+/m0/s1. The molecular weight excluding hydrogens is 1390 g/mol. The Morgan fingerprint density at radius 3 is 1.98 bits per heavy atom. The molecule has 106 heavy (non-hydrogen) atoms. The molecular formula is C75H117FN12O17S. The van der Waals surface area contributed by atoms with Crippen molar-refractivity contribution in [3.63, 3.8) is 0 Å². The van der Waals surface area contributed by atoms with E-state index in [9.17, 15) is 72.1 Å². The van der Waals surface area contributed by atoms with Crippen molar-refractivity contribution >= 4 is 88.7 Å². The maximum absolute atomic E-state index is 14.7. The minimum atomic E-state index is -1.16. The lowest BCUT2D eigenvalue weighted by Crippen LogP contribution is -2.59. The van der Waals surface area contributed by atoms with Gasteiger partial charge in [-0.15, -0.1) is 11.8 Å². The fourth-order valence-corrected chi connectivity index (χ4v) is 15.4. The highest BCUT2D eigenvalue weighted by molar-refractivity contribution is 8.00. The summed E-state index contributed by atoms with van der Waals surface area (Å²) >= 11 is 1.34. The van der Waals surface area contributed by atoms with Crippen molar-refractivity contribution < 1.29 is 86.3 Å². The molecule has 31 heteroatoms. The second-order valence-electron chi connectivity index (χ2n) is 30.0. The average Bonchev–Trinajstić information content (AvgIpc) is 1.55. The van der Waals surface area contributed by atoms with Crippen molar-refractivity contribution in [1.82, 2.24) is 51.5 Å². The average molecular weight is 1510 g/mol. The number of halogens is 1. The summed E-state index contributed by atoms with van der Waals surface area (Å²) in [6.07, 6.45) is 0.126. The highest BCUT2D eigenvalue weighted by Crippen LogP contribution is 2.52. The second-order valence-corrected chi connectivity index (χ2v) is 31.2. The summed E-state index contributed by atoms with van der Waals surface area (Å²) in [5.74, 6) is -6.63. The predicted molar refractivity (Wildman–Crippen MR) is 397 cm³/mol. The van der Waals surface area contributed by atoms with Crippen LogP contribution in [0.3, 0.4) is 0 Å². The number of likely N-dealkylation sites (tertiary alicyclic amines) is 2. The smallest absolute Gasteiger partial charge is 0.408 e. The fraction of sp³-hybridized carbons (Fsp3) is 0.680. The van der Waals surface area contributed by atoms with Gasteiger partial charge in [0.15, 0.2) is 0 Å². The minimum absolute atomic E-state index is 0.0376. The number of β-amino-alcohol motifs (C(OH)–C–C–N with tert-alkyl or cyclic N) is 1. The number of likely N-dealkylation sites (N-methyl/N-ethyl adjacent to an activating group) is 2. The van der Waals surface area contributed by atoms with Crippen LogP contribution in [0.5, 0.6) is 0 Å². The Morgan fingerprint density at radius 2 is 1.42 bits per heavy atom. The number of hydrogen-bond donors (Lipinski definition) is 10. The van der Waals surface area contributed by atoms with Crippen LogP contribution < -0.4 is 43.0 Å². The molecule has 1 aliphatic carbocycles. The first kappa shape index (κ1) is 88.6. The van der Waals surface area contributed by atoms with E-state index in [2.05, 4.69) is 37.2 Å². The van der Waals surface area contributed by atoms with Crippen LogP contribution in [-0.4, -0.2) is 228 Å². The number of alkyl carbamates (subject to hydrolysis) is 1. The lowest BCUT2D eigenvalue weighted by Gasteiger charge is -2.41. The molecule has 2 aliphatic heterocycles. The zero-order valence-electron chi connectivity index (χ0n) is 64.3. The van der Waals surface area contributed by atoms with Crippen LogP contribution in [0.2, 0.25) is 0 Å². The first-order valence-electron chi connectivity index (χ1n) is 36.9. The van der Waals surface area contributed by atoms with E-state index < -0.39 is 137 Å². The topological polar surface area (TPSA) is 396 Å². The van der Waals surface area contributed by atoms with E-state index in [1.807, 2.05) is 60.5 Å². The SMILES string of the molecule is CC[C@H](C)C([C@@H](CC(=O)N1C[C@@H](O)C[C@H]1[C@H](OC)[C@@H](C)C(=O)N[C@H](C)C(NC(=O)OCc1ccc(NC(=O)C(CCCNC(N)=O)NC(=O)[C@@H](NC(=O)CCCCCN2C(=O)CC(SCC3(CC(=O)O)CC3)C2=O)C(C)C)cc1)c1ccc(F)cc1)OC)N(C)C(=O)[C@@H](NC(=O)[C@H](C(C)C)N(C)C)C(C)C. The summed E-state index contributed by atoms with van der Waals surface area (Å²) in [6, 6.07) is 3.91. The molecule has 11 N–H and O–H groups in total. The number of amides is 12. The minimum Gasteiger partial charge on any atom is -0.481 e. The molecule has 2 heterocycles. The molecule has 0 aromatic heterocycles. The number of carbonyl (C=O) groups excluding carboxylic acids is 11. The summed E-state index contributed by atoms with van der Waals surface area (Å²) in [6.45, 7) is 18.2. The summed E-state index contributed by atoms with van der Waals surface area (Å²) < 4.78 is 32.1. The molecule has 0 radical (unpaired) electrons. The second kappa shape index (κ2) is 41.9. The van der Waals surface area contributed by atoms with Crippen LogP contribution in [0.4, 0.5) is 19.7 Å². The number of carboxylic acid groups (broad SMARTS) is 1. The third-order valence-electron chi connectivity index (χ3n) is 20.4. The zero-order valence-corrected chi connectivity index (χ0v) is 65.1. The van der Waals surface area contributed by atoms with Gasteiger partial charge in [0.2, 0.25) is 53.2 Å². The fourth-order valence-electron chi connectivity index (χ4n) is 14.0. The Labute approximate surface area is 627 Å². The Balaban J connectivity index is 1.17. The number of aliphatic hydroxyl groups excluding tert-OH is 1. The number of carboxylic acids is 1. The predicted octanol–water partition coefficient (Wildman–Crippen LogP) is 5.60. The van der Waals surface area contributed by atoms with Gasteiger partial charge in [-0.05, 0) is 130 Å². The van der Waals surface area contributed by atoms with Crippen LogP contribution in [0, 0.1) is 40.8 Å². The molecule has 2 saturated heterocycles. The number of imide groups is 1. The number of anilines is 1. The number of primary amides is 1. The Kier molecular flexibility index (Phi) is 35.1. The highest BCUT2D eigenvalue weighted by atomic mass is 32.2. The quantitative estimate of drug-likeness (QED) is 0.0285. The monoisotopic (exact) mass is 1510 g/mol. The van der Waals surface area contributed by atoms with Crippen molar-refractivity contribution in [2.45, 2.75) is 231 Å². The molecule has 12 amide bonds. The number of rotatable bonds is 44. The summed E-state index contributed by atoms with van der Waals surface area (Å²) in [5.41, 5.74) is 6.15. The number of unbranched alkanes of at least 4 members (excludes halogenated alkanes) is 2. The summed E-state index contributed by atoms with van der Waals surface area (Å²) in [5, 5.41) is 39.4. The van der Waals surface area contributed by atoms with Gasteiger partial charge < -0.3 is 77.2 Å². The Hall–Kier alpha value is -8.00.